The molecule has 0 aromatic heterocycles. The van der Waals surface area contributed by atoms with Crippen molar-refractivity contribution in [3.63, 3.8) is 0 Å². The largest absolute Gasteiger partial charge is 0.392 e. The predicted octanol–water partition coefficient (Wildman–Crippen LogP) is 2.90. The van der Waals surface area contributed by atoms with Gasteiger partial charge in [0, 0.05) is 0 Å². The number of hydrogen-bond donors (Lipinski definition) is 1. The fraction of sp³-hybridized carbons (Fsp3) is 0.500. The van der Waals surface area contributed by atoms with E-state index in [4.69, 9.17) is 0 Å². The molecule has 0 saturated carbocycles. The fourth-order valence-electron chi connectivity index (χ4n) is 1.64. The van der Waals surface area contributed by atoms with E-state index >= 15 is 0 Å². The van der Waals surface area contributed by atoms with Crippen LogP contribution in [0.15, 0.2) is 30.3 Å². The Morgan fingerprint density at radius 1 is 1.35 bits per heavy atom. The van der Waals surface area contributed by atoms with E-state index in [-0.39, 0.29) is 11.0 Å². The van der Waals surface area contributed by atoms with Gasteiger partial charge in [-0.2, -0.15) is 0 Å². The van der Waals surface area contributed by atoms with Crippen LogP contribution in [0.2, 0.25) is 0 Å². The van der Waals surface area contributed by atoms with Crippen molar-refractivity contribution in [3.05, 3.63) is 35.9 Å². The van der Waals surface area contributed by atoms with Gasteiger partial charge < -0.3 is 5.11 Å². The molecule has 1 N–H and O–H groups in total. The molecular formula is C14H20O2S. The Morgan fingerprint density at radius 3 is 2.59 bits per heavy atom. The molecule has 1 aromatic rings. The van der Waals surface area contributed by atoms with Crippen molar-refractivity contribution >= 4 is 16.9 Å². The summed E-state index contributed by atoms with van der Waals surface area (Å²) in [7, 11) is 0. The van der Waals surface area contributed by atoms with Crippen molar-refractivity contribution in [3.8, 4) is 0 Å². The summed E-state index contributed by atoms with van der Waals surface area (Å²) in [4.78, 5) is 11.6. The normalized spacial score (nSPS) is 14.3. The van der Waals surface area contributed by atoms with E-state index in [2.05, 4.69) is 0 Å². The molecule has 3 heteroatoms. The van der Waals surface area contributed by atoms with E-state index in [1.807, 2.05) is 37.3 Å². The minimum atomic E-state index is -0.540. The van der Waals surface area contributed by atoms with Gasteiger partial charge in [-0.1, -0.05) is 55.9 Å². The molecule has 0 fully saturated rings. The van der Waals surface area contributed by atoms with Gasteiger partial charge in [-0.15, -0.1) is 0 Å². The van der Waals surface area contributed by atoms with Crippen molar-refractivity contribution in [1.29, 1.82) is 0 Å². The Balaban J connectivity index is 2.39. The second-order valence-electron chi connectivity index (χ2n) is 4.13. The Kier molecular flexibility index (Phi) is 6.30. The molecular weight excluding hydrogens is 232 g/mol. The smallest absolute Gasteiger partial charge is 0.194 e. The van der Waals surface area contributed by atoms with Crippen LogP contribution in [-0.4, -0.2) is 22.1 Å². The van der Waals surface area contributed by atoms with Crippen LogP contribution in [0.4, 0.5) is 0 Å². The Labute approximate surface area is 107 Å². The average molecular weight is 252 g/mol. The van der Waals surface area contributed by atoms with Crippen LogP contribution in [0, 0.1) is 5.92 Å². The molecule has 94 valence electrons. The summed E-state index contributed by atoms with van der Waals surface area (Å²) in [6.45, 7) is 3.76. The number of rotatable bonds is 6. The number of carbonyl (C=O) groups excluding carboxylic acids is 1. The maximum Gasteiger partial charge on any atom is 0.194 e. The minimum Gasteiger partial charge on any atom is -0.392 e. The van der Waals surface area contributed by atoms with Crippen molar-refractivity contribution < 1.29 is 9.90 Å². The first kappa shape index (κ1) is 14.3. The quantitative estimate of drug-likeness (QED) is 0.846. The minimum absolute atomic E-state index is 0.0908. The van der Waals surface area contributed by atoms with E-state index in [1.54, 1.807) is 6.92 Å². The van der Waals surface area contributed by atoms with Gasteiger partial charge in [0.05, 0.1) is 12.0 Å². The van der Waals surface area contributed by atoms with E-state index in [1.165, 1.54) is 17.3 Å². The summed E-state index contributed by atoms with van der Waals surface area (Å²) in [5.41, 5.74) is 1.20. The summed E-state index contributed by atoms with van der Waals surface area (Å²) >= 11 is 1.29. The first-order valence-electron chi connectivity index (χ1n) is 6.03. The van der Waals surface area contributed by atoms with Gasteiger partial charge in [0.1, 0.15) is 0 Å². The summed E-state index contributed by atoms with van der Waals surface area (Å²) in [6.07, 6.45) is 0.916. The topological polar surface area (TPSA) is 37.3 Å². The van der Waals surface area contributed by atoms with Gasteiger partial charge in [0.15, 0.2) is 5.12 Å². The lowest BCUT2D eigenvalue weighted by molar-refractivity contribution is -0.117. The number of benzene rings is 1. The summed E-state index contributed by atoms with van der Waals surface area (Å²) < 4.78 is 0. The highest BCUT2D eigenvalue weighted by Crippen LogP contribution is 2.18. The Morgan fingerprint density at radius 2 is 2.00 bits per heavy atom. The fourth-order valence-corrected chi connectivity index (χ4v) is 2.34. The highest BCUT2D eigenvalue weighted by atomic mass is 32.2. The first-order chi connectivity index (χ1) is 8.15. The van der Waals surface area contributed by atoms with Gasteiger partial charge in [-0.25, -0.2) is 0 Å². The van der Waals surface area contributed by atoms with E-state index in [0.29, 0.717) is 6.42 Å². The molecule has 0 aliphatic heterocycles. The van der Waals surface area contributed by atoms with Crippen molar-refractivity contribution in [1.82, 2.24) is 0 Å². The zero-order chi connectivity index (χ0) is 12.7. The summed E-state index contributed by atoms with van der Waals surface area (Å²) in [6, 6.07) is 10.0. The van der Waals surface area contributed by atoms with Crippen LogP contribution in [-0.2, 0) is 11.2 Å². The standard InChI is InChI=1S/C14H20O2S/c1-3-17-14(16)11(2)13(15)10-9-12-7-5-4-6-8-12/h4-8,11,13,15H,3,9-10H2,1-2H3/t11-,13-/m0/s1. The number of carbonyl (C=O) groups is 1. The van der Waals surface area contributed by atoms with Gasteiger partial charge in [0.25, 0.3) is 0 Å². The molecule has 0 aliphatic rings. The van der Waals surface area contributed by atoms with Crippen molar-refractivity contribution in [2.24, 2.45) is 5.92 Å². The second kappa shape index (κ2) is 7.51. The molecule has 0 spiro atoms. The Bertz CT molecular complexity index is 337. The molecule has 0 amide bonds. The molecule has 17 heavy (non-hydrogen) atoms. The molecule has 2 atom stereocenters. The van der Waals surface area contributed by atoms with Gasteiger partial charge in [0.2, 0.25) is 0 Å². The monoisotopic (exact) mass is 252 g/mol. The zero-order valence-electron chi connectivity index (χ0n) is 10.4. The third-order valence-corrected chi connectivity index (χ3v) is 3.75. The third kappa shape index (κ3) is 4.92. The predicted molar refractivity (Wildman–Crippen MR) is 73.1 cm³/mol. The van der Waals surface area contributed by atoms with Crippen molar-refractivity contribution in [2.75, 3.05) is 5.75 Å². The third-order valence-electron chi connectivity index (χ3n) is 2.81. The summed E-state index contributed by atoms with van der Waals surface area (Å²) in [5, 5.41) is 10.0. The molecule has 1 rings (SSSR count). The molecule has 0 heterocycles. The lowest BCUT2D eigenvalue weighted by Crippen LogP contribution is -2.24. The van der Waals surface area contributed by atoms with Crippen LogP contribution >= 0.6 is 11.8 Å². The molecule has 1 aromatic carbocycles. The van der Waals surface area contributed by atoms with E-state index < -0.39 is 6.10 Å². The molecule has 0 radical (unpaired) electrons. The van der Waals surface area contributed by atoms with Gasteiger partial charge in [-0.05, 0) is 24.2 Å². The number of thioether (sulfide) groups is 1. The zero-order valence-corrected chi connectivity index (χ0v) is 11.2. The molecule has 2 nitrogen and oxygen atoms in total. The van der Waals surface area contributed by atoms with Crippen LogP contribution in [0.3, 0.4) is 0 Å². The Hall–Kier alpha value is -0.800. The maximum absolute atomic E-state index is 11.6. The molecule has 0 aliphatic carbocycles. The lowest BCUT2D eigenvalue weighted by atomic mass is 9.99. The van der Waals surface area contributed by atoms with Crippen LogP contribution in [0.25, 0.3) is 0 Å². The number of aliphatic hydroxyl groups is 1. The van der Waals surface area contributed by atoms with Crippen LogP contribution in [0.5, 0.6) is 0 Å². The lowest BCUT2D eigenvalue weighted by Gasteiger charge is -2.16. The van der Waals surface area contributed by atoms with E-state index in [0.717, 1.165) is 12.2 Å². The number of aryl methyl sites for hydroxylation is 1. The highest BCUT2D eigenvalue weighted by Gasteiger charge is 2.21. The second-order valence-corrected chi connectivity index (χ2v) is 5.40. The van der Waals surface area contributed by atoms with Gasteiger partial charge in [-0.3, -0.25) is 4.79 Å². The average Bonchev–Trinajstić information content (AvgIpc) is 2.36. The molecule has 0 saturated heterocycles. The number of aliphatic hydroxyl groups excluding tert-OH is 1. The van der Waals surface area contributed by atoms with Crippen molar-refractivity contribution in [2.45, 2.75) is 32.8 Å². The summed E-state index contributed by atoms with van der Waals surface area (Å²) in [5.74, 6) is 0.498. The molecule has 0 unspecified atom stereocenters. The van der Waals surface area contributed by atoms with Crippen LogP contribution in [0.1, 0.15) is 25.8 Å². The van der Waals surface area contributed by atoms with Crippen LogP contribution < -0.4 is 0 Å². The highest BCUT2D eigenvalue weighted by molar-refractivity contribution is 8.13. The van der Waals surface area contributed by atoms with E-state index in [9.17, 15) is 9.90 Å². The maximum atomic E-state index is 11.6. The SMILES string of the molecule is CCSC(=O)[C@@H](C)[C@@H](O)CCc1ccccc1. The molecule has 0 bridgehead atoms. The van der Waals surface area contributed by atoms with Gasteiger partial charge >= 0.3 is 0 Å². The first-order valence-corrected chi connectivity index (χ1v) is 7.02. The number of hydrogen-bond acceptors (Lipinski definition) is 3.